The highest BCUT2D eigenvalue weighted by Gasteiger charge is 2.54. The maximum Gasteiger partial charge on any atom is 0.352 e. The summed E-state index contributed by atoms with van der Waals surface area (Å²) in [6, 6.07) is -0.947. The molecule has 4 N–H and O–H groups in total. The van der Waals surface area contributed by atoms with Crippen molar-refractivity contribution in [2.45, 2.75) is 55.7 Å². The van der Waals surface area contributed by atoms with Crippen molar-refractivity contribution in [1.82, 2.24) is 35.4 Å². The number of oxime groups is 1. The summed E-state index contributed by atoms with van der Waals surface area (Å²) in [6.45, 7) is 6.42. The Labute approximate surface area is 242 Å². The maximum atomic E-state index is 13.1. The number of nitrogens with one attached hydrogen (secondary N) is 1. The largest absolute Gasteiger partial charge is 0.477 e. The predicted octanol–water partition coefficient (Wildman–Crippen LogP) is 1.73. The van der Waals surface area contributed by atoms with Crippen LogP contribution in [0.4, 0.5) is 5.13 Å². The smallest absolute Gasteiger partial charge is 0.352 e. The van der Waals surface area contributed by atoms with E-state index in [2.05, 4.69) is 44.5 Å². The Morgan fingerprint density at radius 1 is 1.40 bits per heavy atom. The fraction of sp³-hybridized carbons (Fsp3) is 0.478. The van der Waals surface area contributed by atoms with Crippen LogP contribution >= 0.6 is 34.9 Å². The van der Waals surface area contributed by atoms with Crippen molar-refractivity contribution in [3.05, 3.63) is 35.0 Å². The third-order valence-corrected chi connectivity index (χ3v) is 9.02. The highest BCUT2D eigenvalue weighted by Crippen LogP contribution is 2.41. The van der Waals surface area contributed by atoms with Crippen LogP contribution < -0.4 is 11.1 Å². The molecule has 2 unspecified atom stereocenters. The van der Waals surface area contributed by atoms with Gasteiger partial charge >= 0.3 is 5.97 Å². The van der Waals surface area contributed by atoms with Gasteiger partial charge in [-0.3, -0.25) is 14.5 Å². The second kappa shape index (κ2) is 13.8. The highest BCUT2D eigenvalue weighted by molar-refractivity contribution is 8.01. The number of aliphatic carboxylic acids is 1. The van der Waals surface area contributed by atoms with E-state index in [1.165, 1.54) is 34.5 Å². The lowest BCUT2D eigenvalue weighted by molar-refractivity contribution is -0.150. The molecule has 0 spiro atoms. The molecule has 0 saturated carbocycles. The number of carbonyl (C=O) groups is 3. The Hall–Kier alpha value is -3.44. The first-order valence-corrected chi connectivity index (χ1v) is 15.4. The van der Waals surface area contributed by atoms with Crippen LogP contribution in [0.2, 0.25) is 0 Å². The van der Waals surface area contributed by atoms with Crippen LogP contribution in [0.1, 0.15) is 38.3 Å². The number of hydrogen-bond donors (Lipinski definition) is 3. The van der Waals surface area contributed by atoms with Gasteiger partial charge in [0.25, 0.3) is 11.8 Å². The van der Waals surface area contributed by atoms with Crippen molar-refractivity contribution in [2.24, 2.45) is 5.16 Å². The molecule has 0 bridgehead atoms. The van der Waals surface area contributed by atoms with E-state index in [1.54, 1.807) is 10.1 Å². The minimum atomic E-state index is -1.21. The number of carbonyl (C=O) groups excluding carboxylic acids is 2. The predicted molar refractivity (Wildman–Crippen MR) is 152 cm³/mol. The Morgan fingerprint density at radius 3 is 2.92 bits per heavy atom. The molecule has 2 aromatic rings. The summed E-state index contributed by atoms with van der Waals surface area (Å²) < 4.78 is 1.72. The van der Waals surface area contributed by atoms with Crippen LogP contribution in [0.3, 0.4) is 0 Å². The quantitative estimate of drug-likeness (QED) is 0.0664. The molecule has 40 heavy (non-hydrogen) atoms. The van der Waals surface area contributed by atoms with E-state index in [0.29, 0.717) is 28.8 Å². The number of fused-ring (bicyclic) bond motifs is 1. The highest BCUT2D eigenvalue weighted by atomic mass is 32.2. The fourth-order valence-electron chi connectivity index (χ4n) is 4.04. The van der Waals surface area contributed by atoms with Gasteiger partial charge in [0.15, 0.2) is 10.8 Å². The monoisotopic (exact) mass is 607 g/mol. The molecular weight excluding hydrogens is 579 g/mol. The summed E-state index contributed by atoms with van der Waals surface area (Å²) in [7, 11) is 0. The molecule has 2 aliphatic heterocycles. The number of aromatic nitrogens is 5. The number of thiazole rings is 1. The standard InChI is InChI=1S/C23H29N9O5S3/c1-3-5-6-7-8-31-23(27-29-30-31)40-11-13-10-38-20-16(19(34)32(20)17(13)21(35)36)26-18(33)15(28-37-9-4-2)14-12-39-22(24)25-14/h4,12,16,20H,2-3,5-11H2,1H3,(H2,24,25)(H,26,33)(H,35,36)/b28-15+. The number of nitrogens with two attached hydrogens (primary N) is 1. The molecule has 17 heteroatoms. The van der Waals surface area contributed by atoms with Crippen molar-refractivity contribution in [3.8, 4) is 0 Å². The van der Waals surface area contributed by atoms with Crippen molar-refractivity contribution in [3.63, 3.8) is 0 Å². The number of β-lactam (4-membered cyclic amide) rings is 1. The number of thioether (sulfide) groups is 2. The molecule has 14 nitrogen and oxygen atoms in total. The molecule has 0 aromatic carbocycles. The van der Waals surface area contributed by atoms with Crippen molar-refractivity contribution < 1.29 is 24.3 Å². The first kappa shape index (κ1) is 29.5. The fourth-order valence-corrected chi connectivity index (χ4v) is 6.98. The molecule has 2 aromatic heterocycles. The average Bonchev–Trinajstić information content (AvgIpc) is 3.58. The number of anilines is 1. The molecule has 0 aliphatic carbocycles. The lowest BCUT2D eigenvalue weighted by Crippen LogP contribution is -2.71. The Balaban J connectivity index is 1.43. The van der Waals surface area contributed by atoms with Gasteiger partial charge in [-0.05, 0) is 22.4 Å². The van der Waals surface area contributed by atoms with Gasteiger partial charge in [0.05, 0.1) is 0 Å². The van der Waals surface area contributed by atoms with Crippen molar-refractivity contribution in [1.29, 1.82) is 0 Å². The van der Waals surface area contributed by atoms with E-state index in [1.807, 2.05) is 0 Å². The first-order valence-electron chi connectivity index (χ1n) is 12.5. The van der Waals surface area contributed by atoms with Crippen LogP contribution in [-0.4, -0.2) is 88.2 Å². The maximum absolute atomic E-state index is 13.1. The molecule has 4 heterocycles. The number of amides is 2. The van der Waals surface area contributed by atoms with Crippen LogP contribution in [0, 0.1) is 0 Å². The van der Waals surface area contributed by atoms with Crippen LogP contribution in [0.25, 0.3) is 0 Å². The normalized spacial score (nSPS) is 18.8. The molecule has 214 valence electrons. The lowest BCUT2D eigenvalue weighted by Gasteiger charge is -2.49. The number of aryl methyl sites for hydroxylation is 1. The second-order valence-corrected chi connectivity index (χ2v) is 11.7. The Morgan fingerprint density at radius 2 is 2.23 bits per heavy atom. The summed E-state index contributed by atoms with van der Waals surface area (Å²) >= 11 is 3.82. The van der Waals surface area contributed by atoms with Gasteiger partial charge in [-0.1, -0.05) is 55.8 Å². The lowest BCUT2D eigenvalue weighted by atomic mass is 10.0. The van der Waals surface area contributed by atoms with Crippen molar-refractivity contribution >= 4 is 63.5 Å². The number of unbranched alkanes of at least 4 members (excludes halogenated alkanes) is 3. The average molecular weight is 608 g/mol. The van der Waals surface area contributed by atoms with Crippen molar-refractivity contribution in [2.75, 3.05) is 23.8 Å². The third kappa shape index (κ3) is 6.64. The van der Waals surface area contributed by atoms with Gasteiger partial charge in [-0.25, -0.2) is 14.5 Å². The summed E-state index contributed by atoms with van der Waals surface area (Å²) in [6.07, 6.45) is 5.76. The topological polar surface area (TPSA) is 191 Å². The van der Waals surface area contributed by atoms with E-state index < -0.39 is 29.2 Å². The van der Waals surface area contributed by atoms with Crippen LogP contribution in [0.15, 0.2) is 39.6 Å². The number of rotatable bonds is 15. The number of nitrogen functional groups attached to an aromatic ring is 1. The minimum Gasteiger partial charge on any atom is -0.477 e. The number of hydrogen-bond acceptors (Lipinski definition) is 13. The number of nitrogens with zero attached hydrogens (tertiary/aromatic N) is 7. The van der Waals surface area contributed by atoms with Gasteiger partial charge in [0.1, 0.15) is 29.4 Å². The molecule has 1 fully saturated rings. The minimum absolute atomic E-state index is 0.0593. The molecule has 2 aliphatic rings. The third-order valence-electron chi connectivity index (χ3n) is 5.96. The zero-order valence-electron chi connectivity index (χ0n) is 21.7. The molecule has 2 amide bonds. The Bertz CT molecular complexity index is 1320. The first-order chi connectivity index (χ1) is 19.3. The molecule has 2 atom stereocenters. The second-order valence-electron chi connectivity index (χ2n) is 8.75. The van der Waals surface area contributed by atoms with Crippen LogP contribution in [0.5, 0.6) is 0 Å². The summed E-state index contributed by atoms with van der Waals surface area (Å²) in [5.41, 5.74) is 6.24. The number of carboxylic acid groups (broad SMARTS) is 1. The summed E-state index contributed by atoms with van der Waals surface area (Å²) in [5, 5.41) is 30.1. The zero-order chi connectivity index (χ0) is 28.6. The zero-order valence-corrected chi connectivity index (χ0v) is 24.1. The number of carboxylic acids is 1. The van der Waals surface area contributed by atoms with Crippen LogP contribution in [-0.2, 0) is 25.8 Å². The Kier molecular flexibility index (Phi) is 10.2. The van der Waals surface area contributed by atoms with E-state index in [0.717, 1.165) is 37.0 Å². The van der Waals surface area contributed by atoms with Gasteiger partial charge in [-0.2, -0.15) is 0 Å². The molecule has 0 radical (unpaired) electrons. The molecule has 4 rings (SSSR count). The van der Waals surface area contributed by atoms with E-state index in [4.69, 9.17) is 10.6 Å². The summed E-state index contributed by atoms with van der Waals surface area (Å²) in [5.74, 6) is -1.77. The van der Waals surface area contributed by atoms with E-state index in [9.17, 15) is 19.5 Å². The van der Waals surface area contributed by atoms with Gasteiger partial charge in [0.2, 0.25) is 5.16 Å². The van der Waals surface area contributed by atoms with Gasteiger partial charge in [-0.15, -0.1) is 28.2 Å². The van der Waals surface area contributed by atoms with Gasteiger partial charge < -0.3 is 21.0 Å². The van der Waals surface area contributed by atoms with E-state index >= 15 is 0 Å². The van der Waals surface area contributed by atoms with Gasteiger partial charge in [0, 0.05) is 23.4 Å². The van der Waals surface area contributed by atoms with E-state index in [-0.39, 0.29) is 28.8 Å². The number of tetrazole rings is 1. The molecule has 1 saturated heterocycles. The summed E-state index contributed by atoms with van der Waals surface area (Å²) in [4.78, 5) is 48.8. The SMILES string of the molecule is C=CCO/N=C(/C(=O)NC1C(=O)N2C(C(=O)O)=C(CSc3nnnn3CCCCCC)CSC12)c1csc(N)n1. The molecular formula is C23H29N9O5S3.